The number of ether oxygens (including phenoxy) is 2. The zero-order valence-corrected chi connectivity index (χ0v) is 19.2. The van der Waals surface area contributed by atoms with Crippen LogP contribution in [0.3, 0.4) is 0 Å². The van der Waals surface area contributed by atoms with E-state index in [0.29, 0.717) is 43.1 Å². The quantitative estimate of drug-likeness (QED) is 0.677. The number of aromatic nitrogens is 1. The van der Waals surface area contributed by atoms with Crippen molar-refractivity contribution >= 4 is 28.7 Å². The van der Waals surface area contributed by atoms with Crippen LogP contribution in [0.5, 0.6) is 11.5 Å². The number of fused-ring (bicyclic) bond motifs is 1. The molecule has 0 spiro atoms. The molecule has 3 rings (SSSR count). The van der Waals surface area contributed by atoms with Crippen molar-refractivity contribution in [2.75, 3.05) is 27.3 Å². The summed E-state index contributed by atoms with van der Waals surface area (Å²) in [7, 11) is 4.90. The Morgan fingerprint density at radius 2 is 1.75 bits per heavy atom. The first-order valence-electron chi connectivity index (χ1n) is 10.7. The lowest BCUT2D eigenvalue weighted by Crippen LogP contribution is -2.53. The van der Waals surface area contributed by atoms with Crippen molar-refractivity contribution in [2.45, 2.75) is 32.7 Å². The molecule has 1 atom stereocenters. The number of benzene rings is 1. The predicted molar refractivity (Wildman–Crippen MR) is 119 cm³/mol. The van der Waals surface area contributed by atoms with Crippen LogP contribution < -0.4 is 14.8 Å². The van der Waals surface area contributed by atoms with Crippen LogP contribution in [0.15, 0.2) is 18.2 Å². The number of amides is 2. The van der Waals surface area contributed by atoms with Gasteiger partial charge in [0.15, 0.2) is 0 Å². The smallest absolute Gasteiger partial charge is 0.306 e. The summed E-state index contributed by atoms with van der Waals surface area (Å²) in [6.45, 7) is 4.50. The van der Waals surface area contributed by atoms with Crippen LogP contribution in [-0.4, -0.2) is 65.7 Å². The molecule has 2 aromatic rings. The number of rotatable bonds is 7. The van der Waals surface area contributed by atoms with Gasteiger partial charge in [-0.2, -0.15) is 0 Å². The van der Waals surface area contributed by atoms with Gasteiger partial charge < -0.3 is 29.4 Å². The molecule has 1 aliphatic rings. The summed E-state index contributed by atoms with van der Waals surface area (Å²) in [5.74, 6) is -0.725. The van der Waals surface area contributed by atoms with Crippen LogP contribution in [-0.2, 0) is 16.6 Å². The van der Waals surface area contributed by atoms with Gasteiger partial charge in [0.25, 0.3) is 5.91 Å². The second-order valence-corrected chi connectivity index (χ2v) is 8.48. The molecule has 0 bridgehead atoms. The number of aryl methyl sites for hydroxylation is 1. The second-order valence-electron chi connectivity index (χ2n) is 8.48. The van der Waals surface area contributed by atoms with Gasteiger partial charge >= 0.3 is 5.97 Å². The van der Waals surface area contributed by atoms with Crippen molar-refractivity contribution in [1.82, 2.24) is 14.8 Å². The molecule has 1 unspecified atom stereocenters. The van der Waals surface area contributed by atoms with Gasteiger partial charge in [-0.15, -0.1) is 0 Å². The minimum absolute atomic E-state index is 0.132. The van der Waals surface area contributed by atoms with Crippen LogP contribution >= 0.6 is 0 Å². The standard InChI is InChI=1S/C23H31N3O6/c1-13(2)20(22(28)26-8-6-14(7-9-26)23(29)30)24-21(27)18-12-16-17(25(18)3)10-15(31-4)11-19(16)32-5/h10-14,20H,6-9H2,1-5H3,(H,24,27)(H,29,30). The van der Waals surface area contributed by atoms with Crippen molar-refractivity contribution in [3.8, 4) is 11.5 Å². The van der Waals surface area contributed by atoms with E-state index in [2.05, 4.69) is 5.32 Å². The van der Waals surface area contributed by atoms with Gasteiger partial charge in [-0.25, -0.2) is 0 Å². The predicted octanol–water partition coefficient (Wildman–Crippen LogP) is 2.27. The lowest BCUT2D eigenvalue weighted by Gasteiger charge is -2.34. The summed E-state index contributed by atoms with van der Waals surface area (Å²) in [6.07, 6.45) is 0.843. The first-order valence-corrected chi connectivity index (χ1v) is 10.7. The van der Waals surface area contributed by atoms with E-state index < -0.39 is 17.9 Å². The third-order valence-corrected chi connectivity index (χ3v) is 6.16. The fraction of sp³-hybridized carbons (Fsp3) is 0.522. The molecule has 1 aromatic carbocycles. The number of aliphatic carboxylic acids is 1. The van der Waals surface area contributed by atoms with E-state index >= 15 is 0 Å². The molecule has 0 aliphatic carbocycles. The number of methoxy groups -OCH3 is 2. The molecule has 2 amide bonds. The van der Waals surface area contributed by atoms with Crippen LogP contribution in [0, 0.1) is 11.8 Å². The summed E-state index contributed by atoms with van der Waals surface area (Å²) in [6, 6.07) is 4.61. The summed E-state index contributed by atoms with van der Waals surface area (Å²) in [4.78, 5) is 39.2. The summed E-state index contributed by atoms with van der Waals surface area (Å²) in [5.41, 5.74) is 1.17. The average molecular weight is 446 g/mol. The maximum Gasteiger partial charge on any atom is 0.306 e. The van der Waals surface area contributed by atoms with E-state index in [0.717, 1.165) is 10.9 Å². The van der Waals surface area contributed by atoms with Gasteiger partial charge in [0.1, 0.15) is 23.2 Å². The van der Waals surface area contributed by atoms with Gasteiger partial charge in [-0.05, 0) is 24.8 Å². The van der Waals surface area contributed by atoms with E-state index in [9.17, 15) is 19.5 Å². The van der Waals surface area contributed by atoms with Crippen molar-refractivity contribution in [2.24, 2.45) is 18.9 Å². The Labute approximate surface area is 187 Å². The monoisotopic (exact) mass is 445 g/mol. The maximum absolute atomic E-state index is 13.2. The molecule has 0 radical (unpaired) electrons. The van der Waals surface area contributed by atoms with E-state index in [1.54, 1.807) is 42.9 Å². The third kappa shape index (κ3) is 4.51. The molecule has 1 fully saturated rings. The Hall–Kier alpha value is -3.23. The molecular formula is C23H31N3O6. The highest BCUT2D eigenvalue weighted by atomic mass is 16.5. The molecule has 9 nitrogen and oxygen atoms in total. The minimum Gasteiger partial charge on any atom is -0.497 e. The lowest BCUT2D eigenvalue weighted by atomic mass is 9.95. The number of carbonyl (C=O) groups excluding carboxylic acids is 2. The van der Waals surface area contributed by atoms with Gasteiger partial charge in [-0.1, -0.05) is 13.8 Å². The molecule has 9 heteroatoms. The normalized spacial score (nSPS) is 15.6. The summed E-state index contributed by atoms with van der Waals surface area (Å²) in [5, 5.41) is 12.8. The Bertz CT molecular complexity index is 1020. The number of likely N-dealkylation sites (tertiary alicyclic amines) is 1. The fourth-order valence-electron chi connectivity index (χ4n) is 4.15. The number of hydrogen-bond acceptors (Lipinski definition) is 5. The lowest BCUT2D eigenvalue weighted by molar-refractivity contribution is -0.146. The van der Waals surface area contributed by atoms with E-state index in [1.807, 2.05) is 19.9 Å². The second kappa shape index (κ2) is 9.50. The van der Waals surface area contributed by atoms with Crippen LogP contribution in [0.1, 0.15) is 37.2 Å². The first-order chi connectivity index (χ1) is 15.2. The fourth-order valence-corrected chi connectivity index (χ4v) is 4.15. The molecule has 1 saturated heterocycles. The minimum atomic E-state index is -0.825. The van der Waals surface area contributed by atoms with Crippen LogP contribution in [0.2, 0.25) is 0 Å². The first kappa shape index (κ1) is 23.4. The van der Waals surface area contributed by atoms with E-state index in [-0.39, 0.29) is 17.7 Å². The third-order valence-electron chi connectivity index (χ3n) is 6.16. The number of nitrogens with zero attached hydrogens (tertiary/aromatic N) is 2. The van der Waals surface area contributed by atoms with Gasteiger partial charge in [0, 0.05) is 37.7 Å². The molecule has 2 heterocycles. The van der Waals surface area contributed by atoms with E-state index in [4.69, 9.17) is 9.47 Å². The van der Waals surface area contributed by atoms with Crippen molar-refractivity contribution < 1.29 is 29.0 Å². The molecule has 0 saturated carbocycles. The Balaban J connectivity index is 1.82. The highest BCUT2D eigenvalue weighted by Crippen LogP contribution is 2.33. The Morgan fingerprint density at radius 3 is 2.28 bits per heavy atom. The SMILES string of the molecule is COc1cc(OC)c2cc(C(=O)NC(C(=O)N3CCC(C(=O)O)CC3)C(C)C)n(C)c2c1. The average Bonchev–Trinajstić information content (AvgIpc) is 3.12. The van der Waals surface area contributed by atoms with Gasteiger partial charge in [0.05, 0.1) is 25.7 Å². The molecule has 174 valence electrons. The maximum atomic E-state index is 13.2. The number of carboxylic acid groups (broad SMARTS) is 1. The highest BCUT2D eigenvalue weighted by Gasteiger charge is 2.33. The van der Waals surface area contributed by atoms with Crippen LogP contribution in [0.4, 0.5) is 0 Å². The Kier molecular flexibility index (Phi) is 6.96. The zero-order chi connectivity index (χ0) is 23.6. The summed E-state index contributed by atoms with van der Waals surface area (Å²) < 4.78 is 12.5. The Morgan fingerprint density at radius 1 is 1.09 bits per heavy atom. The molecule has 1 aromatic heterocycles. The highest BCUT2D eigenvalue weighted by molar-refractivity contribution is 6.02. The van der Waals surface area contributed by atoms with Crippen molar-refractivity contribution in [1.29, 1.82) is 0 Å². The van der Waals surface area contributed by atoms with Gasteiger partial charge in [0.2, 0.25) is 5.91 Å². The van der Waals surface area contributed by atoms with Crippen molar-refractivity contribution in [3.63, 3.8) is 0 Å². The molecular weight excluding hydrogens is 414 g/mol. The largest absolute Gasteiger partial charge is 0.497 e. The molecule has 1 aliphatic heterocycles. The van der Waals surface area contributed by atoms with Crippen molar-refractivity contribution in [3.05, 3.63) is 23.9 Å². The molecule has 32 heavy (non-hydrogen) atoms. The van der Waals surface area contributed by atoms with Crippen LogP contribution in [0.25, 0.3) is 10.9 Å². The number of carboxylic acids is 1. The topological polar surface area (TPSA) is 110 Å². The number of piperidine rings is 1. The summed E-state index contributed by atoms with van der Waals surface area (Å²) >= 11 is 0. The number of carbonyl (C=O) groups is 3. The zero-order valence-electron chi connectivity index (χ0n) is 19.2. The number of hydrogen-bond donors (Lipinski definition) is 2. The number of nitrogens with one attached hydrogen (secondary N) is 1. The molecule has 2 N–H and O–H groups in total. The van der Waals surface area contributed by atoms with E-state index in [1.165, 1.54) is 0 Å². The van der Waals surface area contributed by atoms with Gasteiger partial charge in [-0.3, -0.25) is 14.4 Å².